The van der Waals surface area contributed by atoms with Crippen LogP contribution in [0.3, 0.4) is 0 Å². The van der Waals surface area contributed by atoms with Crippen LogP contribution in [0.1, 0.15) is 18.1 Å². The van der Waals surface area contributed by atoms with E-state index < -0.39 is 0 Å². The number of nitrogens with zero attached hydrogens (tertiary/aromatic N) is 3. The van der Waals surface area contributed by atoms with Gasteiger partial charge in [0.25, 0.3) is 0 Å². The summed E-state index contributed by atoms with van der Waals surface area (Å²) in [5.41, 5.74) is 2.31. The first-order chi connectivity index (χ1) is 13.1. The number of aromatic nitrogens is 1. The van der Waals surface area contributed by atoms with Crippen molar-refractivity contribution in [1.29, 1.82) is 0 Å². The second-order valence-corrected chi connectivity index (χ2v) is 6.99. The highest BCUT2D eigenvalue weighted by Crippen LogP contribution is 2.16. The van der Waals surface area contributed by atoms with Gasteiger partial charge >= 0.3 is 0 Å². The first-order valence-electron chi connectivity index (χ1n) is 9.14. The van der Waals surface area contributed by atoms with Gasteiger partial charge in [0.2, 0.25) is 0 Å². The molecule has 2 heterocycles. The summed E-state index contributed by atoms with van der Waals surface area (Å²) in [4.78, 5) is 11.1. The Labute approximate surface area is 188 Å². The van der Waals surface area contributed by atoms with Gasteiger partial charge in [0.1, 0.15) is 5.82 Å². The summed E-state index contributed by atoms with van der Waals surface area (Å²) in [5.74, 6) is 1.75. The Morgan fingerprint density at radius 3 is 2.61 bits per heavy atom. The van der Waals surface area contributed by atoms with Gasteiger partial charge in [-0.2, -0.15) is 0 Å². The van der Waals surface area contributed by atoms with E-state index in [0.717, 1.165) is 47.6 Å². The molecule has 0 amide bonds. The molecule has 0 aliphatic carbocycles. The minimum atomic E-state index is 0. The molecule has 0 bridgehead atoms. The van der Waals surface area contributed by atoms with Crippen LogP contribution in [0.2, 0.25) is 5.02 Å². The first kappa shape index (κ1) is 22.7. The SMILES string of the molecule is CN=C(NCc1ccc(Cl)cc1)NCc1ccnc(N2CCOC(C)C2)c1.I. The largest absolute Gasteiger partial charge is 0.375 e. The molecule has 152 valence electrons. The van der Waals surface area contributed by atoms with Gasteiger partial charge < -0.3 is 20.3 Å². The van der Waals surface area contributed by atoms with Crippen LogP contribution < -0.4 is 15.5 Å². The van der Waals surface area contributed by atoms with Crippen molar-refractivity contribution < 1.29 is 4.74 Å². The summed E-state index contributed by atoms with van der Waals surface area (Å²) in [6, 6.07) is 11.9. The maximum absolute atomic E-state index is 5.92. The van der Waals surface area contributed by atoms with Gasteiger partial charge in [-0.3, -0.25) is 4.99 Å². The van der Waals surface area contributed by atoms with Crippen molar-refractivity contribution in [3.05, 3.63) is 58.7 Å². The normalized spacial score (nSPS) is 17.0. The molecule has 2 aromatic rings. The zero-order chi connectivity index (χ0) is 19.1. The van der Waals surface area contributed by atoms with Crippen molar-refractivity contribution in [1.82, 2.24) is 15.6 Å². The molecule has 3 rings (SSSR count). The zero-order valence-electron chi connectivity index (χ0n) is 16.2. The summed E-state index contributed by atoms with van der Waals surface area (Å²) >= 11 is 5.92. The number of benzene rings is 1. The highest BCUT2D eigenvalue weighted by molar-refractivity contribution is 14.0. The average Bonchev–Trinajstić information content (AvgIpc) is 2.70. The van der Waals surface area contributed by atoms with E-state index in [4.69, 9.17) is 16.3 Å². The Morgan fingerprint density at radius 2 is 1.93 bits per heavy atom. The summed E-state index contributed by atoms with van der Waals surface area (Å²) < 4.78 is 5.61. The van der Waals surface area contributed by atoms with Crippen molar-refractivity contribution in [2.75, 3.05) is 31.6 Å². The number of nitrogens with one attached hydrogen (secondary N) is 2. The van der Waals surface area contributed by atoms with E-state index in [1.54, 1.807) is 7.05 Å². The highest BCUT2D eigenvalue weighted by Gasteiger charge is 2.18. The maximum atomic E-state index is 5.92. The highest BCUT2D eigenvalue weighted by atomic mass is 127. The fourth-order valence-corrected chi connectivity index (χ4v) is 3.09. The smallest absolute Gasteiger partial charge is 0.191 e. The van der Waals surface area contributed by atoms with E-state index in [2.05, 4.69) is 38.5 Å². The van der Waals surface area contributed by atoms with Crippen LogP contribution in [0, 0.1) is 0 Å². The van der Waals surface area contributed by atoms with E-state index in [1.807, 2.05) is 36.5 Å². The molecule has 0 saturated carbocycles. The predicted molar refractivity (Wildman–Crippen MR) is 126 cm³/mol. The van der Waals surface area contributed by atoms with Crippen molar-refractivity contribution in [2.24, 2.45) is 4.99 Å². The third-order valence-electron chi connectivity index (χ3n) is 4.43. The lowest BCUT2D eigenvalue weighted by molar-refractivity contribution is 0.0529. The number of guanidine groups is 1. The molecule has 1 aromatic carbocycles. The van der Waals surface area contributed by atoms with Crippen molar-refractivity contribution in [2.45, 2.75) is 26.1 Å². The van der Waals surface area contributed by atoms with Crippen molar-refractivity contribution >= 4 is 47.4 Å². The van der Waals surface area contributed by atoms with E-state index in [-0.39, 0.29) is 30.1 Å². The molecule has 1 aliphatic heterocycles. The van der Waals surface area contributed by atoms with Crippen molar-refractivity contribution in [3.8, 4) is 0 Å². The molecule has 1 fully saturated rings. The van der Waals surface area contributed by atoms with E-state index >= 15 is 0 Å². The average molecular weight is 516 g/mol. The number of pyridine rings is 1. The van der Waals surface area contributed by atoms with Crippen molar-refractivity contribution in [3.63, 3.8) is 0 Å². The molecule has 0 radical (unpaired) electrons. The topological polar surface area (TPSA) is 61.8 Å². The standard InChI is InChI=1S/C20H26ClN5O.HI/c1-15-14-26(9-10-27-15)19-11-17(7-8-23-19)13-25-20(22-2)24-12-16-3-5-18(21)6-4-16;/h3-8,11,15H,9-10,12-14H2,1-2H3,(H2,22,24,25);1H. The van der Waals surface area contributed by atoms with Crippen LogP contribution in [0.5, 0.6) is 0 Å². The molecule has 1 aliphatic rings. The van der Waals surface area contributed by atoms with Crippen LogP contribution in [0.25, 0.3) is 0 Å². The Hall–Kier alpha value is -1.58. The summed E-state index contributed by atoms with van der Waals surface area (Å²) in [6.45, 7) is 5.94. The fraction of sp³-hybridized carbons (Fsp3) is 0.400. The second-order valence-electron chi connectivity index (χ2n) is 6.56. The van der Waals surface area contributed by atoms with E-state index in [0.29, 0.717) is 13.1 Å². The summed E-state index contributed by atoms with van der Waals surface area (Å²) in [7, 11) is 1.77. The van der Waals surface area contributed by atoms with Crippen LogP contribution in [-0.4, -0.2) is 43.8 Å². The van der Waals surface area contributed by atoms with Gasteiger partial charge in [-0.05, 0) is 42.3 Å². The number of hydrogen-bond donors (Lipinski definition) is 2. The van der Waals surface area contributed by atoms with Gasteiger partial charge in [0.15, 0.2) is 5.96 Å². The van der Waals surface area contributed by atoms with Gasteiger partial charge in [-0.1, -0.05) is 23.7 Å². The second kappa shape index (κ2) is 11.4. The predicted octanol–water partition coefficient (Wildman–Crippen LogP) is 3.44. The molecule has 1 aromatic heterocycles. The molecule has 28 heavy (non-hydrogen) atoms. The molecule has 1 saturated heterocycles. The first-order valence-corrected chi connectivity index (χ1v) is 9.52. The van der Waals surface area contributed by atoms with Gasteiger partial charge in [-0.15, -0.1) is 24.0 Å². The number of hydrogen-bond acceptors (Lipinski definition) is 4. The Bertz CT molecular complexity index is 771. The quantitative estimate of drug-likeness (QED) is 0.363. The molecule has 6 nitrogen and oxygen atoms in total. The number of aliphatic imine (C=N–C) groups is 1. The lowest BCUT2D eigenvalue weighted by Crippen LogP contribution is -2.41. The number of halogens is 2. The maximum Gasteiger partial charge on any atom is 0.191 e. The van der Waals surface area contributed by atoms with Gasteiger partial charge in [0.05, 0.1) is 12.7 Å². The van der Waals surface area contributed by atoms with Gasteiger partial charge in [-0.25, -0.2) is 4.98 Å². The third kappa shape index (κ3) is 6.79. The number of ether oxygens (including phenoxy) is 1. The minimum absolute atomic E-state index is 0. The van der Waals surface area contributed by atoms with E-state index in [1.165, 1.54) is 0 Å². The minimum Gasteiger partial charge on any atom is -0.375 e. The molecular weight excluding hydrogens is 489 g/mol. The Kier molecular flexibility index (Phi) is 9.27. The van der Waals surface area contributed by atoms with E-state index in [9.17, 15) is 0 Å². The molecule has 2 N–H and O–H groups in total. The molecular formula is C20H27ClIN5O. The van der Waals surface area contributed by atoms with Gasteiger partial charge in [0, 0.05) is 44.4 Å². The lowest BCUT2D eigenvalue weighted by atomic mass is 10.2. The Morgan fingerprint density at radius 1 is 1.21 bits per heavy atom. The van der Waals surface area contributed by atoms with Crippen LogP contribution in [0.15, 0.2) is 47.6 Å². The fourth-order valence-electron chi connectivity index (χ4n) is 2.96. The zero-order valence-corrected chi connectivity index (χ0v) is 19.3. The number of anilines is 1. The number of rotatable bonds is 5. The molecule has 0 spiro atoms. The summed E-state index contributed by atoms with van der Waals surface area (Å²) in [5, 5.41) is 7.40. The third-order valence-corrected chi connectivity index (χ3v) is 4.68. The van der Waals surface area contributed by atoms with Crippen LogP contribution in [-0.2, 0) is 17.8 Å². The number of morpholine rings is 1. The summed E-state index contributed by atoms with van der Waals surface area (Å²) in [6.07, 6.45) is 2.09. The molecule has 1 unspecified atom stereocenters. The monoisotopic (exact) mass is 515 g/mol. The van der Waals surface area contributed by atoms with Crippen LogP contribution in [0.4, 0.5) is 5.82 Å². The van der Waals surface area contributed by atoms with Crippen LogP contribution >= 0.6 is 35.6 Å². The molecule has 1 atom stereocenters. The lowest BCUT2D eigenvalue weighted by Gasteiger charge is -2.32. The Balaban J connectivity index is 0.00000280. The molecule has 8 heteroatoms.